The molecule has 4 N–H and O–H groups in total. The van der Waals surface area contributed by atoms with Crippen LogP contribution >= 0.6 is 0 Å². The van der Waals surface area contributed by atoms with Gasteiger partial charge in [-0.15, -0.1) is 15.3 Å². The van der Waals surface area contributed by atoms with E-state index in [9.17, 15) is 24.0 Å². The number of rotatable bonds is 20. The van der Waals surface area contributed by atoms with Gasteiger partial charge in [-0.2, -0.15) is 0 Å². The maximum atomic E-state index is 13.3. The zero-order valence-electron chi connectivity index (χ0n) is 36.8. The van der Waals surface area contributed by atoms with E-state index in [4.69, 9.17) is 4.74 Å². The monoisotopic (exact) mass is 893 g/mol. The Bertz CT molecular complexity index is 2720. The van der Waals surface area contributed by atoms with Gasteiger partial charge in [0.05, 0.1) is 24.9 Å². The summed E-state index contributed by atoms with van der Waals surface area (Å²) >= 11 is 0. The molecule has 3 aromatic heterocycles. The maximum absolute atomic E-state index is 13.3. The third-order valence-corrected chi connectivity index (χ3v) is 11.6. The number of anilines is 2. The molecular weight excluding hydrogens is 843 g/mol. The molecule has 19 nitrogen and oxygen atoms in total. The number of hydrogen-bond donors (Lipinski definition) is 4. The van der Waals surface area contributed by atoms with Gasteiger partial charge in [0, 0.05) is 73.4 Å². The summed E-state index contributed by atoms with van der Waals surface area (Å²) < 4.78 is 9.76. The van der Waals surface area contributed by atoms with Crippen molar-refractivity contribution in [1.82, 2.24) is 55.3 Å². The van der Waals surface area contributed by atoms with Crippen molar-refractivity contribution in [3.8, 4) is 17.3 Å². The summed E-state index contributed by atoms with van der Waals surface area (Å²) in [5, 5.41) is 28.8. The predicted molar refractivity (Wildman–Crippen MR) is 242 cm³/mol. The molecule has 2 aliphatic heterocycles. The average Bonchev–Trinajstić information content (AvgIpc) is 4.04. The molecule has 1 saturated heterocycles. The van der Waals surface area contributed by atoms with Crippen LogP contribution in [-0.2, 0) is 47.5 Å². The van der Waals surface area contributed by atoms with Crippen molar-refractivity contribution in [3.05, 3.63) is 125 Å². The summed E-state index contributed by atoms with van der Waals surface area (Å²) in [6, 6.07) is 21.0. The van der Waals surface area contributed by atoms with Crippen LogP contribution in [0.1, 0.15) is 101 Å². The lowest BCUT2D eigenvalue weighted by atomic mass is 10.0. The van der Waals surface area contributed by atoms with Crippen LogP contribution < -0.4 is 26.0 Å². The van der Waals surface area contributed by atoms with Crippen molar-refractivity contribution in [2.45, 2.75) is 90.0 Å². The molecule has 2 aliphatic rings. The lowest BCUT2D eigenvalue weighted by Crippen LogP contribution is -2.52. The van der Waals surface area contributed by atoms with Gasteiger partial charge in [0.15, 0.2) is 11.6 Å². The van der Waals surface area contributed by atoms with E-state index in [0.717, 1.165) is 42.0 Å². The van der Waals surface area contributed by atoms with Crippen LogP contribution in [0.3, 0.4) is 0 Å². The Morgan fingerprint density at radius 2 is 1.82 bits per heavy atom. The Kier molecular flexibility index (Phi) is 14.1. The first-order valence-electron chi connectivity index (χ1n) is 22.1. The molecule has 6 aromatic rings. The fourth-order valence-electron chi connectivity index (χ4n) is 8.00. The number of hydrogen-bond acceptors (Lipinski definition) is 13. The van der Waals surface area contributed by atoms with Gasteiger partial charge in [0.1, 0.15) is 23.8 Å². The lowest BCUT2D eigenvalue weighted by Gasteiger charge is -2.29. The highest BCUT2D eigenvalue weighted by Crippen LogP contribution is 2.32. The third-order valence-electron chi connectivity index (χ3n) is 11.6. The molecule has 340 valence electrons. The number of aryl methyl sites for hydroxylation is 2. The summed E-state index contributed by atoms with van der Waals surface area (Å²) in [4.78, 5) is 73.1. The summed E-state index contributed by atoms with van der Waals surface area (Å²) in [5.74, 6) is 0.603. The number of ether oxygens (including phenoxy) is 1. The van der Waals surface area contributed by atoms with Crippen LogP contribution in [0.2, 0.25) is 0 Å². The SMILES string of the molecule is C[C@@H](NC(=O)c1cccc(NCc2nnc(-c3ccncn3)n2C)c1)c1cccc(OCCCCCn2cc(CCCC(=O)Nc3cccc4c3CN(C3CCC(=O)NC3=O)C4=O)nn2)c1. The second-order valence-electron chi connectivity index (χ2n) is 16.3. The van der Waals surface area contributed by atoms with E-state index in [-0.39, 0.29) is 55.5 Å². The number of carbonyl (C=O) groups is 5. The maximum Gasteiger partial charge on any atom is 0.255 e. The van der Waals surface area contributed by atoms with Gasteiger partial charge in [-0.1, -0.05) is 29.5 Å². The molecule has 66 heavy (non-hydrogen) atoms. The number of nitrogens with zero attached hydrogens (tertiary/aromatic N) is 9. The zero-order chi connectivity index (χ0) is 46.0. The minimum absolute atomic E-state index is 0.174. The van der Waals surface area contributed by atoms with Crippen molar-refractivity contribution in [1.29, 1.82) is 0 Å². The number of benzene rings is 3. The number of unbranched alkanes of at least 4 members (excludes halogenated alkanes) is 2. The van der Waals surface area contributed by atoms with Crippen molar-refractivity contribution in [3.63, 3.8) is 0 Å². The van der Waals surface area contributed by atoms with Gasteiger partial charge in [0.25, 0.3) is 11.8 Å². The third kappa shape index (κ3) is 10.9. The molecule has 0 aliphatic carbocycles. The quantitative estimate of drug-likeness (QED) is 0.0589. The summed E-state index contributed by atoms with van der Waals surface area (Å²) in [6.45, 7) is 3.79. The largest absolute Gasteiger partial charge is 0.494 e. The highest BCUT2D eigenvalue weighted by molar-refractivity contribution is 6.06. The lowest BCUT2D eigenvalue weighted by molar-refractivity contribution is -0.137. The van der Waals surface area contributed by atoms with E-state index in [1.165, 1.54) is 11.2 Å². The van der Waals surface area contributed by atoms with Gasteiger partial charge in [-0.25, -0.2) is 9.97 Å². The molecule has 1 fully saturated rings. The van der Waals surface area contributed by atoms with Crippen LogP contribution in [0.25, 0.3) is 11.5 Å². The van der Waals surface area contributed by atoms with E-state index in [1.807, 2.05) is 71.9 Å². The fraction of sp³-hybridized carbons (Fsp3) is 0.340. The van der Waals surface area contributed by atoms with Gasteiger partial charge < -0.3 is 30.2 Å². The number of nitrogens with one attached hydrogen (secondary N) is 4. The van der Waals surface area contributed by atoms with Gasteiger partial charge >= 0.3 is 0 Å². The van der Waals surface area contributed by atoms with Crippen LogP contribution in [0, 0.1) is 0 Å². The van der Waals surface area contributed by atoms with Crippen LogP contribution in [-0.4, -0.2) is 86.8 Å². The van der Waals surface area contributed by atoms with Crippen LogP contribution in [0.15, 0.2) is 91.5 Å². The molecule has 5 amide bonds. The highest BCUT2D eigenvalue weighted by atomic mass is 16.5. The van der Waals surface area contributed by atoms with Crippen molar-refractivity contribution >= 4 is 40.9 Å². The second-order valence-corrected chi connectivity index (χ2v) is 16.3. The molecule has 19 heteroatoms. The summed E-state index contributed by atoms with van der Waals surface area (Å²) in [6.07, 6.45) is 9.57. The Hall–Kier alpha value is -7.83. The number of aromatic nitrogens is 8. The first kappa shape index (κ1) is 44.8. The average molecular weight is 894 g/mol. The number of imide groups is 1. The Balaban J connectivity index is 0.712. The Morgan fingerprint density at radius 1 is 0.955 bits per heavy atom. The molecule has 8 rings (SSSR count). The van der Waals surface area contributed by atoms with Gasteiger partial charge in [0.2, 0.25) is 17.7 Å². The predicted octanol–water partition coefficient (Wildman–Crippen LogP) is 4.94. The normalized spacial score (nSPS) is 15.0. The molecule has 2 atom stereocenters. The van der Waals surface area contributed by atoms with E-state index < -0.39 is 11.9 Å². The van der Waals surface area contributed by atoms with E-state index in [0.29, 0.717) is 72.3 Å². The van der Waals surface area contributed by atoms with Crippen molar-refractivity contribution in [2.75, 3.05) is 17.2 Å². The first-order chi connectivity index (χ1) is 32.1. The Labute approximate surface area is 380 Å². The smallest absolute Gasteiger partial charge is 0.255 e. The summed E-state index contributed by atoms with van der Waals surface area (Å²) in [7, 11) is 1.88. The van der Waals surface area contributed by atoms with Crippen LogP contribution in [0.4, 0.5) is 11.4 Å². The molecule has 0 bridgehead atoms. The van der Waals surface area contributed by atoms with Gasteiger partial charge in [-0.05, 0) is 99.5 Å². The number of amides is 5. The zero-order valence-corrected chi connectivity index (χ0v) is 36.8. The Morgan fingerprint density at radius 3 is 2.67 bits per heavy atom. The van der Waals surface area contributed by atoms with Crippen molar-refractivity contribution < 1.29 is 28.7 Å². The molecule has 3 aromatic carbocycles. The number of piperidine rings is 1. The fourth-order valence-corrected chi connectivity index (χ4v) is 8.00. The highest BCUT2D eigenvalue weighted by Gasteiger charge is 2.40. The molecule has 1 unspecified atom stereocenters. The molecule has 0 radical (unpaired) electrons. The summed E-state index contributed by atoms with van der Waals surface area (Å²) in [5.41, 5.74) is 5.36. The van der Waals surface area contributed by atoms with E-state index in [2.05, 4.69) is 51.7 Å². The number of fused-ring (bicyclic) bond motifs is 1. The minimum atomic E-state index is -0.723. The van der Waals surface area contributed by atoms with Crippen molar-refractivity contribution in [2.24, 2.45) is 7.05 Å². The molecular formula is C47H51N13O6. The van der Waals surface area contributed by atoms with Crippen LogP contribution in [0.5, 0.6) is 5.75 Å². The molecule has 0 saturated carbocycles. The second kappa shape index (κ2) is 20.8. The molecule has 0 spiro atoms. The standard InChI is InChI=1S/C47H51N13O6/c1-30(51-45(63)32-11-6-12-33(24-32)49-26-41-55-56-44(58(41)2)39-20-21-48-29-50-39)31-10-7-14-35(25-31)66-23-5-3-4-22-59-27-34(54-57-59)13-8-17-42(61)52-38-16-9-15-36-37(38)28-60(47(36)65)40-18-19-43(62)53-46(40)64/h6-7,9-12,14-16,20-21,24-25,27,29-30,40,49H,3-5,8,13,17-19,22-23,26,28H2,1-2H3,(H,51,63)(H,52,61)(H,53,62,64)/t30-,40?/m1/s1. The number of carbonyl (C=O) groups excluding carboxylic acids is 5. The van der Waals surface area contributed by atoms with E-state index >= 15 is 0 Å². The topological polar surface area (TPSA) is 233 Å². The minimum Gasteiger partial charge on any atom is -0.494 e. The van der Waals surface area contributed by atoms with Gasteiger partial charge in [-0.3, -0.25) is 34.0 Å². The molecule has 5 heterocycles. The van der Waals surface area contributed by atoms with E-state index in [1.54, 1.807) is 36.5 Å². The first-order valence-corrected chi connectivity index (χ1v) is 22.1.